The van der Waals surface area contributed by atoms with Crippen LogP contribution in [0.3, 0.4) is 0 Å². The Hall–Kier alpha value is -3.02. The molecule has 0 saturated carbocycles. The largest absolute Gasteiger partial charge is 0.507 e. The number of carbonyl (C=O) groups excluding carboxylic acids is 2. The van der Waals surface area contributed by atoms with Crippen LogP contribution >= 0.6 is 0 Å². The molecule has 0 aliphatic heterocycles. The minimum atomic E-state index is 0.0141. The van der Waals surface area contributed by atoms with Crippen LogP contribution in [-0.2, 0) is 0 Å². The van der Waals surface area contributed by atoms with Crippen molar-refractivity contribution in [3.63, 3.8) is 0 Å². The van der Waals surface area contributed by atoms with Crippen LogP contribution < -0.4 is 9.47 Å². The van der Waals surface area contributed by atoms with Gasteiger partial charge >= 0.3 is 0 Å². The van der Waals surface area contributed by atoms with Crippen molar-refractivity contribution in [1.29, 1.82) is 0 Å². The maximum Gasteiger partial charge on any atom is 0.166 e. The maximum atomic E-state index is 12.1. The number of carbonyl (C=O) groups is 2. The molecule has 0 spiro atoms. The number of phenols is 2. The lowest BCUT2D eigenvalue weighted by atomic mass is 10.0. The third-order valence-corrected chi connectivity index (χ3v) is 8.53. The van der Waals surface area contributed by atoms with E-state index in [1.54, 1.807) is 38.5 Å². The van der Waals surface area contributed by atoms with Crippen LogP contribution in [0.25, 0.3) is 0 Å². The van der Waals surface area contributed by atoms with Gasteiger partial charge in [-0.2, -0.15) is 0 Å². The van der Waals surface area contributed by atoms with E-state index in [1.807, 2.05) is 0 Å². The van der Waals surface area contributed by atoms with Gasteiger partial charge in [0.05, 0.1) is 25.3 Å². The Morgan fingerprint density at radius 1 is 0.478 bits per heavy atom. The topological polar surface area (TPSA) is 93.1 Å². The van der Waals surface area contributed by atoms with Crippen LogP contribution in [0.2, 0.25) is 0 Å². The predicted octanol–water partition coefficient (Wildman–Crippen LogP) is 11.8. The van der Waals surface area contributed by atoms with Gasteiger partial charge in [-0.25, -0.2) is 0 Å². The summed E-state index contributed by atoms with van der Waals surface area (Å²) in [7, 11) is 3.08. The molecule has 0 saturated heterocycles. The van der Waals surface area contributed by atoms with E-state index in [9.17, 15) is 19.8 Å². The van der Waals surface area contributed by atoms with E-state index >= 15 is 0 Å². The van der Waals surface area contributed by atoms with Gasteiger partial charge in [0.25, 0.3) is 0 Å². The van der Waals surface area contributed by atoms with Gasteiger partial charge < -0.3 is 19.7 Å². The fourth-order valence-corrected chi connectivity index (χ4v) is 5.56. The summed E-state index contributed by atoms with van der Waals surface area (Å²) in [4.78, 5) is 24.2. The normalized spacial score (nSPS) is 10.7. The number of rotatable bonds is 26. The zero-order chi connectivity index (χ0) is 33.8. The lowest BCUT2D eigenvalue weighted by Crippen LogP contribution is -1.99. The smallest absolute Gasteiger partial charge is 0.166 e. The van der Waals surface area contributed by atoms with Gasteiger partial charge in [0, 0.05) is 25.0 Å². The lowest BCUT2D eigenvalue weighted by molar-refractivity contribution is 0.0968. The number of phenolic OH excluding ortho intramolecular Hbond substituents is 2. The number of aromatic hydroxyl groups is 2. The molecule has 2 aromatic carbocycles. The standard InChI is InChI=1S/C21H34O3.C19H30O3/c1-3-4-5-6-7-8-9-10-11-12-13-14-20(22)19-16-15-18(24-2)17-21(19)23;1-3-4-5-6-7-8-9-10-11-12-18(20)17-14-13-16(22-2)15-19(17)21/h15-17,23H,3-14H2,1-2H3;13-15,21H,3-12H2,1-2H3. The first-order valence-corrected chi connectivity index (χ1v) is 18.2. The Kier molecular flexibility index (Phi) is 24.2. The molecule has 2 N–H and O–H groups in total. The first-order valence-electron chi connectivity index (χ1n) is 18.2. The Balaban J connectivity index is 0.000000462. The van der Waals surface area contributed by atoms with E-state index in [2.05, 4.69) is 13.8 Å². The second-order valence-corrected chi connectivity index (χ2v) is 12.5. The van der Waals surface area contributed by atoms with E-state index in [4.69, 9.17) is 9.47 Å². The number of benzene rings is 2. The van der Waals surface area contributed by atoms with Crippen molar-refractivity contribution in [2.75, 3.05) is 14.2 Å². The summed E-state index contributed by atoms with van der Waals surface area (Å²) in [5.74, 6) is 1.20. The van der Waals surface area contributed by atoms with Crippen molar-refractivity contribution in [3.05, 3.63) is 47.5 Å². The molecule has 2 aromatic rings. The third kappa shape index (κ3) is 18.8. The van der Waals surface area contributed by atoms with Crippen LogP contribution in [-0.4, -0.2) is 36.0 Å². The predicted molar refractivity (Wildman–Crippen MR) is 191 cm³/mol. The average Bonchev–Trinajstić information content (AvgIpc) is 3.06. The molecule has 260 valence electrons. The van der Waals surface area contributed by atoms with E-state index < -0.39 is 0 Å². The van der Waals surface area contributed by atoms with Crippen molar-refractivity contribution >= 4 is 11.6 Å². The number of unbranched alkanes of at least 4 members (excludes halogenated alkanes) is 18. The molecule has 0 fully saturated rings. The van der Waals surface area contributed by atoms with Crippen molar-refractivity contribution in [3.8, 4) is 23.0 Å². The Morgan fingerprint density at radius 2 is 0.761 bits per heavy atom. The summed E-state index contributed by atoms with van der Waals surface area (Å²) >= 11 is 0. The number of methoxy groups -OCH3 is 2. The number of hydrogen-bond donors (Lipinski definition) is 2. The zero-order valence-electron chi connectivity index (χ0n) is 29.5. The Morgan fingerprint density at radius 3 is 1.02 bits per heavy atom. The molecule has 6 heteroatoms. The van der Waals surface area contributed by atoms with E-state index in [1.165, 1.54) is 115 Å². The molecule has 0 unspecified atom stereocenters. The molecule has 0 amide bonds. The molecule has 0 aliphatic carbocycles. The van der Waals surface area contributed by atoms with Crippen molar-refractivity contribution in [1.82, 2.24) is 0 Å². The highest BCUT2D eigenvalue weighted by Gasteiger charge is 2.12. The highest BCUT2D eigenvalue weighted by molar-refractivity contribution is 5.99. The van der Waals surface area contributed by atoms with Gasteiger partial charge in [0.2, 0.25) is 0 Å². The van der Waals surface area contributed by atoms with Gasteiger partial charge in [0.1, 0.15) is 23.0 Å². The van der Waals surface area contributed by atoms with Crippen LogP contribution in [0.1, 0.15) is 176 Å². The molecule has 6 nitrogen and oxygen atoms in total. The van der Waals surface area contributed by atoms with E-state index in [0.29, 0.717) is 35.5 Å². The minimum Gasteiger partial charge on any atom is -0.507 e. The van der Waals surface area contributed by atoms with Crippen molar-refractivity contribution in [2.24, 2.45) is 0 Å². The summed E-state index contributed by atoms with van der Waals surface area (Å²) in [5, 5.41) is 19.7. The van der Waals surface area contributed by atoms with Crippen LogP contribution in [0.4, 0.5) is 0 Å². The quantitative estimate of drug-likeness (QED) is 0.0785. The molecule has 0 bridgehead atoms. The second-order valence-electron chi connectivity index (χ2n) is 12.5. The summed E-state index contributed by atoms with van der Waals surface area (Å²) in [6, 6.07) is 9.70. The lowest BCUT2D eigenvalue weighted by Gasteiger charge is -2.06. The first-order chi connectivity index (χ1) is 22.4. The number of hydrogen-bond acceptors (Lipinski definition) is 6. The highest BCUT2D eigenvalue weighted by Crippen LogP contribution is 2.26. The third-order valence-electron chi connectivity index (χ3n) is 8.53. The van der Waals surface area contributed by atoms with E-state index in [-0.39, 0.29) is 23.1 Å². The molecule has 0 aliphatic rings. The molecule has 46 heavy (non-hydrogen) atoms. The van der Waals surface area contributed by atoms with Gasteiger partial charge in [-0.15, -0.1) is 0 Å². The maximum absolute atomic E-state index is 12.1. The fraction of sp³-hybridized carbons (Fsp3) is 0.650. The van der Waals surface area contributed by atoms with Gasteiger partial charge in [-0.05, 0) is 37.1 Å². The fourth-order valence-electron chi connectivity index (χ4n) is 5.56. The molecule has 0 radical (unpaired) electrons. The number of Topliss-reactive ketones (excluding diaryl/α,β-unsaturated/α-hetero) is 2. The Labute approximate surface area is 280 Å². The van der Waals surface area contributed by atoms with E-state index in [0.717, 1.165) is 25.7 Å². The summed E-state index contributed by atoms with van der Waals surface area (Å²) in [6.45, 7) is 4.48. The average molecular weight is 641 g/mol. The molecule has 2 rings (SSSR count). The second kappa shape index (κ2) is 27.1. The van der Waals surface area contributed by atoms with Crippen LogP contribution in [0.15, 0.2) is 36.4 Å². The molecular formula is C40H64O6. The monoisotopic (exact) mass is 640 g/mol. The molecule has 0 aromatic heterocycles. The number of ketones is 2. The highest BCUT2D eigenvalue weighted by atomic mass is 16.5. The first kappa shape index (κ1) is 41.0. The molecule has 0 heterocycles. The van der Waals surface area contributed by atoms with Crippen molar-refractivity contribution < 1.29 is 29.3 Å². The van der Waals surface area contributed by atoms with Crippen molar-refractivity contribution in [2.45, 2.75) is 155 Å². The van der Waals surface area contributed by atoms with Crippen LogP contribution in [0.5, 0.6) is 23.0 Å². The zero-order valence-corrected chi connectivity index (χ0v) is 29.5. The van der Waals surface area contributed by atoms with Gasteiger partial charge in [0.15, 0.2) is 11.6 Å². The minimum absolute atomic E-state index is 0.0141. The van der Waals surface area contributed by atoms with Gasteiger partial charge in [-0.1, -0.05) is 129 Å². The SMILES string of the molecule is CCCCCCCCCCCC(=O)c1ccc(OC)cc1O.CCCCCCCCCCCCCC(=O)c1ccc(OC)cc1O. The number of ether oxygens (including phenoxy) is 2. The van der Waals surface area contributed by atoms with Crippen LogP contribution in [0, 0.1) is 0 Å². The van der Waals surface area contributed by atoms with Gasteiger partial charge in [-0.3, -0.25) is 9.59 Å². The molecule has 0 atom stereocenters. The Bertz CT molecular complexity index is 1080. The molecular weight excluding hydrogens is 576 g/mol. The summed E-state index contributed by atoms with van der Waals surface area (Å²) < 4.78 is 10.0. The summed E-state index contributed by atoms with van der Waals surface area (Å²) in [5.41, 5.74) is 0.809. The summed E-state index contributed by atoms with van der Waals surface area (Å²) in [6.07, 6.45) is 26.1.